The molecule has 0 bridgehead atoms. The number of hydrogen-bond acceptors (Lipinski definition) is 7. The minimum absolute atomic E-state index is 0.00701. The Morgan fingerprint density at radius 1 is 1.21 bits per heavy atom. The van der Waals surface area contributed by atoms with Gasteiger partial charge in [-0.15, -0.1) is 10.2 Å². The van der Waals surface area contributed by atoms with Gasteiger partial charge in [-0.25, -0.2) is 9.89 Å². The van der Waals surface area contributed by atoms with Crippen LogP contribution in [0.1, 0.15) is 31.0 Å². The van der Waals surface area contributed by atoms with Gasteiger partial charge in [-0.1, -0.05) is 13.8 Å². The van der Waals surface area contributed by atoms with Gasteiger partial charge in [0.15, 0.2) is 0 Å². The van der Waals surface area contributed by atoms with Gasteiger partial charge in [0, 0.05) is 11.6 Å². The van der Waals surface area contributed by atoms with Crippen molar-refractivity contribution in [2.24, 2.45) is 0 Å². The number of hydrogen-bond donors (Lipinski definition) is 2. The summed E-state index contributed by atoms with van der Waals surface area (Å²) in [6.45, 7) is 3.76. The van der Waals surface area contributed by atoms with Crippen LogP contribution < -0.4 is 21.5 Å². The van der Waals surface area contributed by atoms with Gasteiger partial charge in [-0.3, -0.25) is 14.6 Å². The molecule has 0 saturated carbocycles. The zero-order chi connectivity index (χ0) is 20.4. The quantitative estimate of drug-likeness (QED) is 0.620. The Hall–Kier alpha value is -3.52. The molecule has 0 amide bonds. The molecule has 0 aliphatic heterocycles. The summed E-state index contributed by atoms with van der Waals surface area (Å²) in [5.74, 6) is 0.561. The normalized spacial score (nSPS) is 10.7. The van der Waals surface area contributed by atoms with Crippen molar-refractivity contribution in [3.8, 4) is 23.4 Å². The Bertz CT molecular complexity index is 1270. The molecule has 2 N–H and O–H groups in total. The van der Waals surface area contributed by atoms with Crippen molar-refractivity contribution in [2.75, 3.05) is 0 Å². The first-order valence-corrected chi connectivity index (χ1v) is 8.80. The van der Waals surface area contributed by atoms with E-state index in [0.717, 1.165) is 4.68 Å². The first-order chi connectivity index (χ1) is 13.3. The number of benzene rings is 1. The van der Waals surface area contributed by atoms with E-state index in [2.05, 4.69) is 31.2 Å². The van der Waals surface area contributed by atoms with Crippen LogP contribution in [0.2, 0.25) is 0 Å². The second-order valence-corrected chi connectivity index (χ2v) is 6.85. The van der Waals surface area contributed by atoms with Crippen molar-refractivity contribution in [3.63, 3.8) is 0 Å². The van der Waals surface area contributed by atoms with Gasteiger partial charge in [0.1, 0.15) is 11.8 Å². The highest BCUT2D eigenvalue weighted by molar-refractivity contribution is 9.10. The molecule has 3 aromatic rings. The van der Waals surface area contributed by atoms with Crippen LogP contribution in [0.3, 0.4) is 0 Å². The van der Waals surface area contributed by atoms with E-state index in [1.165, 1.54) is 12.1 Å². The molecule has 3 rings (SSSR count). The van der Waals surface area contributed by atoms with E-state index in [4.69, 9.17) is 10.00 Å². The molecule has 2 aromatic heterocycles. The summed E-state index contributed by atoms with van der Waals surface area (Å²) in [7, 11) is 0. The van der Waals surface area contributed by atoms with Crippen LogP contribution in [0.25, 0.3) is 5.69 Å². The van der Waals surface area contributed by atoms with Crippen LogP contribution in [-0.2, 0) is 0 Å². The molecule has 0 spiro atoms. The summed E-state index contributed by atoms with van der Waals surface area (Å²) in [5, 5.41) is 18.9. The van der Waals surface area contributed by atoms with Gasteiger partial charge in [0.25, 0.3) is 11.1 Å². The fourth-order valence-corrected chi connectivity index (χ4v) is 2.80. The summed E-state index contributed by atoms with van der Waals surface area (Å²) >= 11 is 3.33. The Morgan fingerprint density at radius 3 is 2.61 bits per heavy atom. The van der Waals surface area contributed by atoms with Crippen LogP contribution in [-0.4, -0.2) is 25.0 Å². The molecule has 0 saturated heterocycles. The molecule has 0 atom stereocenters. The lowest BCUT2D eigenvalue weighted by molar-refractivity contribution is 0.449. The van der Waals surface area contributed by atoms with Gasteiger partial charge in [-0.2, -0.15) is 9.94 Å². The summed E-state index contributed by atoms with van der Waals surface area (Å²) in [4.78, 5) is 37.2. The summed E-state index contributed by atoms with van der Waals surface area (Å²) in [6, 6.07) is 7.77. The highest BCUT2D eigenvalue weighted by Gasteiger charge is 2.13. The molecule has 0 aliphatic carbocycles. The maximum Gasteiger partial charge on any atom is 0.349 e. The van der Waals surface area contributed by atoms with Crippen LogP contribution >= 0.6 is 15.9 Å². The predicted molar refractivity (Wildman–Crippen MR) is 102 cm³/mol. The van der Waals surface area contributed by atoms with Crippen molar-refractivity contribution in [1.29, 1.82) is 5.26 Å². The Balaban J connectivity index is 1.98. The minimum atomic E-state index is -0.854. The second-order valence-electron chi connectivity index (χ2n) is 5.99. The van der Waals surface area contributed by atoms with E-state index in [1.54, 1.807) is 18.2 Å². The number of nitrogens with zero attached hydrogens (tertiary/aromatic N) is 4. The van der Waals surface area contributed by atoms with Crippen molar-refractivity contribution >= 4 is 15.9 Å². The fourth-order valence-electron chi connectivity index (χ4n) is 2.35. The summed E-state index contributed by atoms with van der Waals surface area (Å²) in [5.41, 5.74) is -1.52. The van der Waals surface area contributed by atoms with Crippen molar-refractivity contribution in [3.05, 3.63) is 71.2 Å². The molecular formula is C17H13BrN6O4. The lowest BCUT2D eigenvalue weighted by Crippen LogP contribution is -2.33. The number of rotatable bonds is 4. The SMILES string of the molecule is CC(C)c1cc(Oc2ccc(-n3nc(C#N)c(=O)[nH]c3=O)cc2Br)n[nH]c1=O. The van der Waals surface area contributed by atoms with Crippen LogP contribution in [0.15, 0.2) is 43.1 Å². The molecule has 142 valence electrons. The van der Waals surface area contributed by atoms with Gasteiger partial charge < -0.3 is 4.74 Å². The Kier molecular flexibility index (Phi) is 5.23. The topological polar surface area (TPSA) is 147 Å². The zero-order valence-corrected chi connectivity index (χ0v) is 16.3. The monoisotopic (exact) mass is 444 g/mol. The number of H-pyrrole nitrogens is 2. The smallest absolute Gasteiger partial charge is 0.349 e. The Morgan fingerprint density at radius 2 is 1.96 bits per heavy atom. The number of halogens is 1. The molecule has 28 heavy (non-hydrogen) atoms. The van der Waals surface area contributed by atoms with E-state index in [-0.39, 0.29) is 17.4 Å². The van der Waals surface area contributed by atoms with Gasteiger partial charge in [-0.05, 0) is 40.0 Å². The van der Waals surface area contributed by atoms with E-state index < -0.39 is 16.9 Å². The number of ether oxygens (including phenoxy) is 1. The molecule has 0 unspecified atom stereocenters. The average molecular weight is 445 g/mol. The molecule has 1 aromatic carbocycles. The lowest BCUT2D eigenvalue weighted by Gasteiger charge is -2.10. The molecule has 10 nitrogen and oxygen atoms in total. The van der Waals surface area contributed by atoms with Crippen molar-refractivity contribution < 1.29 is 4.74 Å². The third kappa shape index (κ3) is 3.77. The van der Waals surface area contributed by atoms with Crippen LogP contribution in [0.4, 0.5) is 0 Å². The Labute approximate surface area is 165 Å². The second kappa shape index (κ2) is 7.61. The van der Waals surface area contributed by atoms with Crippen LogP contribution in [0, 0.1) is 11.3 Å². The first kappa shape index (κ1) is 19.2. The van der Waals surface area contributed by atoms with E-state index in [1.807, 2.05) is 18.8 Å². The molecular weight excluding hydrogens is 432 g/mol. The highest BCUT2D eigenvalue weighted by atomic mass is 79.9. The molecule has 0 fully saturated rings. The van der Waals surface area contributed by atoms with E-state index in [9.17, 15) is 14.4 Å². The predicted octanol–water partition coefficient (Wildman–Crippen LogP) is 1.55. The third-order valence-electron chi connectivity index (χ3n) is 3.74. The molecule has 0 radical (unpaired) electrons. The zero-order valence-electron chi connectivity index (χ0n) is 14.7. The fraction of sp³-hybridized carbons (Fsp3) is 0.176. The maximum absolute atomic E-state index is 12.0. The summed E-state index contributed by atoms with van der Waals surface area (Å²) < 4.78 is 7.05. The lowest BCUT2D eigenvalue weighted by atomic mass is 10.1. The van der Waals surface area contributed by atoms with Crippen molar-refractivity contribution in [1.82, 2.24) is 25.0 Å². The number of nitriles is 1. The average Bonchev–Trinajstić information content (AvgIpc) is 2.65. The van der Waals surface area contributed by atoms with E-state index in [0.29, 0.717) is 21.5 Å². The molecule has 0 aliphatic rings. The molecule has 2 heterocycles. The molecule has 11 heteroatoms. The largest absolute Gasteiger partial charge is 0.436 e. The van der Waals surface area contributed by atoms with Gasteiger partial charge in [0.2, 0.25) is 11.6 Å². The third-order valence-corrected chi connectivity index (χ3v) is 4.36. The van der Waals surface area contributed by atoms with Crippen LogP contribution in [0.5, 0.6) is 11.6 Å². The standard InChI is InChI=1S/C17H13BrN6O4/c1-8(2)10-6-14(21-22-15(10)25)28-13-4-3-9(5-11(13)18)24-17(27)20-16(26)12(7-19)23-24/h3-6,8H,1-2H3,(H,22,25)(H,20,26,27). The maximum atomic E-state index is 12.0. The summed E-state index contributed by atoms with van der Waals surface area (Å²) in [6.07, 6.45) is 0. The number of aromatic amines is 2. The number of nitrogens with one attached hydrogen (secondary N) is 2. The highest BCUT2D eigenvalue weighted by Crippen LogP contribution is 2.30. The number of aromatic nitrogens is 5. The van der Waals surface area contributed by atoms with E-state index >= 15 is 0 Å². The minimum Gasteiger partial charge on any atom is -0.436 e. The van der Waals surface area contributed by atoms with Gasteiger partial charge >= 0.3 is 5.69 Å². The first-order valence-electron chi connectivity index (χ1n) is 8.01. The van der Waals surface area contributed by atoms with Crippen molar-refractivity contribution in [2.45, 2.75) is 19.8 Å². The van der Waals surface area contributed by atoms with Gasteiger partial charge in [0.05, 0.1) is 10.2 Å².